The molecule has 0 spiro atoms. The lowest BCUT2D eigenvalue weighted by molar-refractivity contribution is -0.117. The highest BCUT2D eigenvalue weighted by molar-refractivity contribution is 7.09. The smallest absolute Gasteiger partial charge is 0.262 e. The molecule has 0 saturated heterocycles. The van der Waals surface area contributed by atoms with Gasteiger partial charge in [-0.2, -0.15) is 5.26 Å². The summed E-state index contributed by atoms with van der Waals surface area (Å²) in [5, 5.41) is 14.0. The molecule has 1 aromatic heterocycles. The Morgan fingerprint density at radius 3 is 2.28 bits per heavy atom. The van der Waals surface area contributed by atoms with Crippen molar-refractivity contribution in [1.82, 2.24) is 5.32 Å². The molecule has 0 aliphatic heterocycles. The standard InChI is InChI=1S/C23H20N2O3S/c24-16-19(23(26)25-17-22-7-4-14-29-22)15-18-8-10-21(11-9-18)28-13-12-27-20-5-2-1-3-6-20/h1-11,14-15H,12-13,17H2,(H,25,26)/b19-15+. The van der Waals surface area contributed by atoms with Crippen LogP contribution in [-0.2, 0) is 11.3 Å². The maximum Gasteiger partial charge on any atom is 0.262 e. The molecule has 1 heterocycles. The topological polar surface area (TPSA) is 71.3 Å². The van der Waals surface area contributed by atoms with Gasteiger partial charge in [-0.3, -0.25) is 4.79 Å². The lowest BCUT2D eigenvalue weighted by Crippen LogP contribution is -2.23. The number of benzene rings is 2. The third kappa shape index (κ3) is 6.52. The Balaban J connectivity index is 1.48. The second-order valence-corrected chi connectivity index (χ2v) is 7.04. The average Bonchev–Trinajstić information content (AvgIpc) is 3.29. The van der Waals surface area contributed by atoms with Crippen LogP contribution >= 0.6 is 11.3 Å². The third-order valence-corrected chi connectivity index (χ3v) is 4.80. The van der Waals surface area contributed by atoms with E-state index in [-0.39, 0.29) is 11.5 Å². The van der Waals surface area contributed by atoms with Crippen molar-refractivity contribution in [2.45, 2.75) is 6.54 Å². The van der Waals surface area contributed by atoms with E-state index in [1.165, 1.54) is 0 Å². The van der Waals surface area contributed by atoms with E-state index in [9.17, 15) is 10.1 Å². The van der Waals surface area contributed by atoms with Crippen LogP contribution in [0.15, 0.2) is 77.7 Å². The fraction of sp³-hybridized carbons (Fsp3) is 0.130. The zero-order valence-corrected chi connectivity index (χ0v) is 16.5. The fourth-order valence-corrected chi connectivity index (χ4v) is 3.13. The molecule has 0 fully saturated rings. The number of thiophene rings is 1. The van der Waals surface area contributed by atoms with Gasteiger partial charge in [0.05, 0.1) is 6.54 Å². The van der Waals surface area contributed by atoms with E-state index in [1.807, 2.05) is 53.9 Å². The second-order valence-electron chi connectivity index (χ2n) is 6.01. The van der Waals surface area contributed by atoms with E-state index < -0.39 is 0 Å². The number of carbonyl (C=O) groups excluding carboxylic acids is 1. The van der Waals surface area contributed by atoms with Crippen LogP contribution in [0.5, 0.6) is 11.5 Å². The number of nitrogens with zero attached hydrogens (tertiary/aromatic N) is 1. The molecule has 146 valence electrons. The van der Waals surface area contributed by atoms with Gasteiger partial charge >= 0.3 is 0 Å². The summed E-state index contributed by atoms with van der Waals surface area (Å²) in [5.41, 5.74) is 0.812. The number of amides is 1. The fourth-order valence-electron chi connectivity index (χ4n) is 2.49. The highest BCUT2D eigenvalue weighted by atomic mass is 32.1. The van der Waals surface area contributed by atoms with E-state index in [0.29, 0.717) is 25.5 Å². The maximum atomic E-state index is 12.2. The summed E-state index contributed by atoms with van der Waals surface area (Å²) in [6, 6.07) is 22.6. The van der Waals surface area contributed by atoms with Crippen molar-refractivity contribution < 1.29 is 14.3 Å². The first-order chi connectivity index (χ1) is 14.2. The summed E-state index contributed by atoms with van der Waals surface area (Å²) < 4.78 is 11.2. The van der Waals surface area contributed by atoms with Gasteiger partial charge in [0.2, 0.25) is 0 Å². The van der Waals surface area contributed by atoms with Crippen LogP contribution in [0.2, 0.25) is 0 Å². The Bertz CT molecular complexity index is 975. The van der Waals surface area contributed by atoms with Gasteiger partial charge in [0, 0.05) is 4.88 Å². The Labute approximate surface area is 173 Å². The Morgan fingerprint density at radius 1 is 0.966 bits per heavy atom. The predicted molar refractivity (Wildman–Crippen MR) is 114 cm³/mol. The van der Waals surface area contributed by atoms with E-state index in [0.717, 1.165) is 16.2 Å². The number of para-hydroxylation sites is 1. The van der Waals surface area contributed by atoms with Crippen LogP contribution < -0.4 is 14.8 Å². The van der Waals surface area contributed by atoms with Gasteiger partial charge in [0.25, 0.3) is 5.91 Å². The van der Waals surface area contributed by atoms with Crippen LogP contribution in [0.3, 0.4) is 0 Å². The minimum absolute atomic E-state index is 0.0616. The normalized spacial score (nSPS) is 10.8. The highest BCUT2D eigenvalue weighted by Crippen LogP contribution is 2.15. The Hall–Kier alpha value is -3.56. The van der Waals surface area contributed by atoms with Crippen LogP contribution in [-0.4, -0.2) is 19.1 Å². The number of nitrogens with one attached hydrogen (secondary N) is 1. The molecule has 0 aliphatic carbocycles. The lowest BCUT2D eigenvalue weighted by atomic mass is 10.1. The molecule has 5 nitrogen and oxygen atoms in total. The van der Waals surface area contributed by atoms with Crippen molar-refractivity contribution in [3.63, 3.8) is 0 Å². The van der Waals surface area contributed by atoms with Crippen LogP contribution in [0, 0.1) is 11.3 Å². The van der Waals surface area contributed by atoms with Gasteiger partial charge in [-0.15, -0.1) is 11.3 Å². The Kier molecular flexibility index (Phi) is 7.44. The first-order valence-electron chi connectivity index (χ1n) is 9.08. The van der Waals surface area contributed by atoms with E-state index in [4.69, 9.17) is 9.47 Å². The van der Waals surface area contributed by atoms with Crippen molar-refractivity contribution in [3.05, 3.63) is 88.1 Å². The summed E-state index contributed by atoms with van der Waals surface area (Å²) in [7, 11) is 0. The van der Waals surface area contributed by atoms with E-state index in [2.05, 4.69) is 5.32 Å². The molecule has 0 saturated carbocycles. The van der Waals surface area contributed by atoms with Crippen LogP contribution in [0.25, 0.3) is 6.08 Å². The molecule has 0 unspecified atom stereocenters. The molecule has 1 amide bonds. The molecule has 1 N–H and O–H groups in total. The number of ether oxygens (including phenoxy) is 2. The minimum Gasteiger partial charge on any atom is -0.490 e. The summed E-state index contributed by atoms with van der Waals surface area (Å²) in [4.78, 5) is 13.2. The zero-order valence-electron chi connectivity index (χ0n) is 15.7. The van der Waals surface area contributed by atoms with E-state index in [1.54, 1.807) is 41.7 Å². The molecule has 0 bridgehead atoms. The maximum absolute atomic E-state index is 12.2. The first kappa shape index (κ1) is 20.2. The largest absolute Gasteiger partial charge is 0.490 e. The molecular weight excluding hydrogens is 384 g/mol. The van der Waals surface area contributed by atoms with Gasteiger partial charge in [-0.1, -0.05) is 36.4 Å². The zero-order chi connectivity index (χ0) is 20.3. The Morgan fingerprint density at radius 2 is 1.66 bits per heavy atom. The summed E-state index contributed by atoms with van der Waals surface area (Å²) in [5.74, 6) is 1.11. The van der Waals surface area contributed by atoms with Crippen LogP contribution in [0.4, 0.5) is 0 Å². The number of carbonyl (C=O) groups is 1. The van der Waals surface area contributed by atoms with Crippen molar-refractivity contribution in [3.8, 4) is 17.6 Å². The van der Waals surface area contributed by atoms with Crippen molar-refractivity contribution in [2.75, 3.05) is 13.2 Å². The monoisotopic (exact) mass is 404 g/mol. The van der Waals surface area contributed by atoms with Gasteiger partial charge in [0.15, 0.2) is 0 Å². The second kappa shape index (κ2) is 10.7. The van der Waals surface area contributed by atoms with Gasteiger partial charge in [-0.05, 0) is 47.4 Å². The molecule has 0 aliphatic rings. The number of hydrogen-bond acceptors (Lipinski definition) is 5. The summed E-state index contributed by atoms with van der Waals surface area (Å²) >= 11 is 1.56. The highest BCUT2D eigenvalue weighted by Gasteiger charge is 2.09. The van der Waals surface area contributed by atoms with Crippen LogP contribution in [0.1, 0.15) is 10.4 Å². The summed E-state index contributed by atoms with van der Waals surface area (Å²) in [6.45, 7) is 1.26. The predicted octanol–water partition coefficient (Wildman–Crippen LogP) is 4.43. The number of rotatable bonds is 9. The summed E-state index contributed by atoms with van der Waals surface area (Å²) in [6.07, 6.45) is 1.56. The molecule has 29 heavy (non-hydrogen) atoms. The molecule has 3 aromatic rings. The van der Waals surface area contributed by atoms with Gasteiger partial charge < -0.3 is 14.8 Å². The molecule has 6 heteroatoms. The molecule has 0 radical (unpaired) electrons. The molecule has 2 aromatic carbocycles. The average molecular weight is 404 g/mol. The van der Waals surface area contributed by atoms with Gasteiger partial charge in [0.1, 0.15) is 36.4 Å². The van der Waals surface area contributed by atoms with Crippen molar-refractivity contribution in [1.29, 1.82) is 5.26 Å². The van der Waals surface area contributed by atoms with Gasteiger partial charge in [-0.25, -0.2) is 0 Å². The van der Waals surface area contributed by atoms with E-state index >= 15 is 0 Å². The number of nitriles is 1. The minimum atomic E-state index is -0.390. The molecule has 0 atom stereocenters. The molecule has 3 rings (SSSR count). The number of hydrogen-bond donors (Lipinski definition) is 1. The van der Waals surface area contributed by atoms with Crippen molar-refractivity contribution in [2.24, 2.45) is 0 Å². The lowest BCUT2D eigenvalue weighted by Gasteiger charge is -2.08. The molecular formula is C23H20N2O3S. The SMILES string of the molecule is N#C/C(=C\c1ccc(OCCOc2ccccc2)cc1)C(=O)NCc1cccs1. The quantitative estimate of drug-likeness (QED) is 0.325. The first-order valence-corrected chi connectivity index (χ1v) is 9.95. The van der Waals surface area contributed by atoms with Crippen molar-refractivity contribution >= 4 is 23.3 Å². The third-order valence-electron chi connectivity index (χ3n) is 3.92.